The molecule has 9 heteroatoms. The number of ether oxygens (including phenoxy) is 1. The van der Waals surface area contributed by atoms with Gasteiger partial charge in [-0.25, -0.2) is 4.79 Å². The SMILES string of the molecule is Cc1cc(C(=O)OCC(=O)Nc2ccc(Cl)c([N+](=O)[O-])c2)c(C)o1. The number of carbonyl (C=O) groups excluding carboxylic acids is 2. The van der Waals surface area contributed by atoms with Crippen molar-refractivity contribution in [3.05, 3.63) is 56.5 Å². The number of amides is 1. The summed E-state index contributed by atoms with van der Waals surface area (Å²) in [7, 11) is 0. The van der Waals surface area contributed by atoms with Crippen molar-refractivity contribution in [1.29, 1.82) is 0 Å². The highest BCUT2D eigenvalue weighted by molar-refractivity contribution is 6.32. The second-order valence-corrected chi connectivity index (χ2v) is 5.28. The second kappa shape index (κ2) is 7.14. The zero-order chi connectivity index (χ0) is 17.9. The minimum absolute atomic E-state index is 0.0461. The molecule has 0 aliphatic carbocycles. The molecular formula is C15H13ClN2O6. The van der Waals surface area contributed by atoms with Gasteiger partial charge in [0.25, 0.3) is 11.6 Å². The molecule has 2 aromatic rings. The third-order valence-corrected chi connectivity index (χ3v) is 3.34. The van der Waals surface area contributed by atoms with Gasteiger partial charge < -0.3 is 14.5 Å². The lowest BCUT2D eigenvalue weighted by Crippen LogP contribution is -2.21. The lowest BCUT2D eigenvalue weighted by Gasteiger charge is -2.06. The highest BCUT2D eigenvalue weighted by atomic mass is 35.5. The Bertz CT molecular complexity index is 814. The van der Waals surface area contributed by atoms with Crippen LogP contribution in [0.25, 0.3) is 0 Å². The molecule has 0 radical (unpaired) electrons. The maximum atomic E-state index is 11.9. The van der Waals surface area contributed by atoms with Crippen LogP contribution in [0, 0.1) is 24.0 Å². The summed E-state index contributed by atoms with van der Waals surface area (Å²) in [6, 6.07) is 5.32. The van der Waals surface area contributed by atoms with Crippen molar-refractivity contribution in [2.75, 3.05) is 11.9 Å². The molecular weight excluding hydrogens is 340 g/mol. The predicted molar refractivity (Wildman–Crippen MR) is 85.2 cm³/mol. The van der Waals surface area contributed by atoms with Gasteiger partial charge in [0.2, 0.25) is 0 Å². The molecule has 0 fully saturated rings. The number of rotatable bonds is 5. The van der Waals surface area contributed by atoms with Crippen LogP contribution in [0.2, 0.25) is 5.02 Å². The largest absolute Gasteiger partial charge is 0.466 e. The molecule has 0 aliphatic rings. The van der Waals surface area contributed by atoms with E-state index in [-0.39, 0.29) is 22.0 Å². The summed E-state index contributed by atoms with van der Waals surface area (Å²) < 4.78 is 10.1. The molecule has 1 aromatic carbocycles. The number of aryl methyl sites for hydroxylation is 2. The number of benzene rings is 1. The van der Waals surface area contributed by atoms with Gasteiger partial charge in [-0.05, 0) is 32.0 Å². The van der Waals surface area contributed by atoms with Crippen LogP contribution < -0.4 is 5.32 Å². The third-order valence-electron chi connectivity index (χ3n) is 3.02. The smallest absolute Gasteiger partial charge is 0.342 e. The van der Waals surface area contributed by atoms with Crippen molar-refractivity contribution in [3.63, 3.8) is 0 Å². The molecule has 2 rings (SSSR count). The minimum Gasteiger partial charge on any atom is -0.466 e. The molecule has 0 unspecified atom stereocenters. The number of hydrogen-bond donors (Lipinski definition) is 1. The zero-order valence-corrected chi connectivity index (χ0v) is 13.5. The van der Waals surface area contributed by atoms with Gasteiger partial charge in [0.1, 0.15) is 22.1 Å². The summed E-state index contributed by atoms with van der Waals surface area (Å²) in [5, 5.41) is 13.1. The Morgan fingerprint density at radius 3 is 2.62 bits per heavy atom. The predicted octanol–water partition coefficient (Wildman–Crippen LogP) is 3.25. The van der Waals surface area contributed by atoms with Crippen molar-refractivity contribution in [1.82, 2.24) is 0 Å². The van der Waals surface area contributed by atoms with Gasteiger partial charge >= 0.3 is 5.97 Å². The van der Waals surface area contributed by atoms with Gasteiger partial charge in [-0.2, -0.15) is 0 Å². The number of carbonyl (C=O) groups is 2. The van der Waals surface area contributed by atoms with E-state index in [9.17, 15) is 19.7 Å². The number of furan rings is 1. The van der Waals surface area contributed by atoms with Gasteiger partial charge in [0.05, 0.1) is 4.92 Å². The fourth-order valence-corrected chi connectivity index (χ4v) is 2.16. The topological polar surface area (TPSA) is 112 Å². The highest BCUT2D eigenvalue weighted by Crippen LogP contribution is 2.27. The van der Waals surface area contributed by atoms with E-state index in [1.54, 1.807) is 13.8 Å². The lowest BCUT2D eigenvalue weighted by atomic mass is 10.2. The molecule has 8 nitrogen and oxygen atoms in total. The average molecular weight is 353 g/mol. The molecule has 0 spiro atoms. The normalized spacial score (nSPS) is 10.3. The number of nitrogens with one attached hydrogen (secondary N) is 1. The fraction of sp³-hybridized carbons (Fsp3) is 0.200. The van der Waals surface area contributed by atoms with Crippen molar-refractivity contribution in [2.24, 2.45) is 0 Å². The summed E-state index contributed by atoms with van der Waals surface area (Å²) in [5.74, 6) is -0.386. The van der Waals surface area contributed by atoms with E-state index >= 15 is 0 Å². The van der Waals surface area contributed by atoms with Crippen LogP contribution >= 0.6 is 11.6 Å². The molecule has 0 bridgehead atoms. The molecule has 1 heterocycles. The quantitative estimate of drug-likeness (QED) is 0.502. The summed E-state index contributed by atoms with van der Waals surface area (Å²) >= 11 is 5.68. The molecule has 0 aliphatic heterocycles. The first-order valence-corrected chi connectivity index (χ1v) is 7.13. The van der Waals surface area contributed by atoms with Gasteiger partial charge in [-0.1, -0.05) is 11.6 Å². The van der Waals surface area contributed by atoms with Crippen molar-refractivity contribution >= 4 is 34.9 Å². The van der Waals surface area contributed by atoms with Crippen LogP contribution in [0.1, 0.15) is 21.9 Å². The standard InChI is InChI=1S/C15H13ClN2O6/c1-8-5-11(9(2)24-8)15(20)23-7-14(19)17-10-3-4-12(16)13(6-10)18(21)22/h3-6H,7H2,1-2H3,(H,17,19). The molecule has 0 atom stereocenters. The molecule has 126 valence electrons. The Balaban J connectivity index is 1.96. The van der Waals surface area contributed by atoms with Crippen molar-refractivity contribution in [2.45, 2.75) is 13.8 Å². The molecule has 1 amide bonds. The number of nitro groups is 1. The number of nitrogens with zero attached hydrogens (tertiary/aromatic N) is 1. The summed E-state index contributed by atoms with van der Waals surface area (Å²) in [4.78, 5) is 33.8. The van der Waals surface area contributed by atoms with Gasteiger partial charge in [0, 0.05) is 11.8 Å². The molecule has 1 N–H and O–H groups in total. The molecule has 1 aromatic heterocycles. The van der Waals surface area contributed by atoms with E-state index in [0.717, 1.165) is 6.07 Å². The Morgan fingerprint density at radius 1 is 1.33 bits per heavy atom. The maximum Gasteiger partial charge on any atom is 0.342 e. The van der Waals surface area contributed by atoms with Crippen LogP contribution in [0.4, 0.5) is 11.4 Å². The monoisotopic (exact) mass is 352 g/mol. The highest BCUT2D eigenvalue weighted by Gasteiger charge is 2.17. The number of halogens is 1. The van der Waals surface area contributed by atoms with Crippen LogP contribution in [0.3, 0.4) is 0 Å². The number of esters is 1. The Kier molecular flexibility index (Phi) is 5.20. The van der Waals surface area contributed by atoms with E-state index in [4.69, 9.17) is 20.8 Å². The van der Waals surface area contributed by atoms with Gasteiger partial charge in [-0.3, -0.25) is 14.9 Å². The van der Waals surface area contributed by atoms with Crippen LogP contribution in [0.5, 0.6) is 0 Å². The van der Waals surface area contributed by atoms with Crippen LogP contribution in [-0.2, 0) is 9.53 Å². The minimum atomic E-state index is -0.693. The van der Waals surface area contributed by atoms with Crippen LogP contribution in [0.15, 0.2) is 28.7 Å². The first kappa shape index (κ1) is 17.5. The lowest BCUT2D eigenvalue weighted by molar-refractivity contribution is -0.384. The maximum absolute atomic E-state index is 11.9. The van der Waals surface area contributed by atoms with Gasteiger partial charge in [0.15, 0.2) is 6.61 Å². The summed E-state index contributed by atoms with van der Waals surface area (Å²) in [5.41, 5.74) is 0.0703. The van der Waals surface area contributed by atoms with Gasteiger partial charge in [-0.15, -0.1) is 0 Å². The second-order valence-electron chi connectivity index (χ2n) is 4.87. The van der Waals surface area contributed by atoms with E-state index < -0.39 is 23.4 Å². The first-order valence-electron chi connectivity index (χ1n) is 6.76. The third kappa shape index (κ3) is 4.11. The zero-order valence-electron chi connectivity index (χ0n) is 12.8. The van der Waals surface area contributed by atoms with Crippen molar-refractivity contribution < 1.29 is 23.7 Å². The Morgan fingerprint density at radius 2 is 2.04 bits per heavy atom. The number of hydrogen-bond acceptors (Lipinski definition) is 6. The Labute approximate surface area is 141 Å². The number of anilines is 1. The summed E-state index contributed by atoms with van der Waals surface area (Å²) in [6.45, 7) is 2.75. The summed E-state index contributed by atoms with van der Waals surface area (Å²) in [6.07, 6.45) is 0. The Hall–Kier alpha value is -2.87. The molecule has 0 saturated heterocycles. The van der Waals surface area contributed by atoms with E-state index in [0.29, 0.717) is 11.5 Å². The van der Waals surface area contributed by atoms with E-state index in [1.165, 1.54) is 18.2 Å². The van der Waals surface area contributed by atoms with E-state index in [2.05, 4.69) is 5.32 Å². The van der Waals surface area contributed by atoms with E-state index in [1.807, 2.05) is 0 Å². The van der Waals surface area contributed by atoms with Crippen LogP contribution in [-0.4, -0.2) is 23.4 Å². The average Bonchev–Trinajstić information content (AvgIpc) is 2.85. The fourth-order valence-electron chi connectivity index (χ4n) is 1.97. The molecule has 24 heavy (non-hydrogen) atoms. The number of nitro benzene ring substituents is 1. The first-order chi connectivity index (χ1) is 11.3. The van der Waals surface area contributed by atoms with Crippen molar-refractivity contribution in [3.8, 4) is 0 Å². The molecule has 0 saturated carbocycles.